The number of nitrogens with zero attached hydrogens (tertiary/aromatic N) is 2. The molecule has 2 aromatic carbocycles. The van der Waals surface area contributed by atoms with E-state index in [1.165, 1.54) is 11.1 Å². The fraction of sp³-hybridized carbons (Fsp3) is 0.111. The topological polar surface area (TPSA) is 51.8 Å². The maximum atomic E-state index is 5.93. The monoisotopic (exact) mass is 309 g/mol. The first kappa shape index (κ1) is 14.5. The molecular weight excluding hydrogens is 294 g/mol. The van der Waals surface area contributed by atoms with Crippen LogP contribution in [0.3, 0.4) is 0 Å². The summed E-state index contributed by atoms with van der Waals surface area (Å²) >= 11 is 5.93. The van der Waals surface area contributed by atoms with Crippen LogP contribution in [0.25, 0.3) is 22.5 Å². The number of hydrogen-bond donors (Lipinski definition) is 1. The van der Waals surface area contributed by atoms with Crippen molar-refractivity contribution < 1.29 is 0 Å². The predicted molar refractivity (Wildman–Crippen MR) is 91.8 cm³/mol. The van der Waals surface area contributed by atoms with Crippen LogP contribution in [0.2, 0.25) is 5.02 Å². The molecule has 0 atom stereocenters. The zero-order valence-corrected chi connectivity index (χ0v) is 13.2. The minimum absolute atomic E-state index is 0.265. The van der Waals surface area contributed by atoms with Gasteiger partial charge in [-0.15, -0.1) is 0 Å². The number of aryl methyl sites for hydroxylation is 2. The largest absolute Gasteiger partial charge is 0.368 e. The molecule has 0 aliphatic carbocycles. The lowest BCUT2D eigenvalue weighted by atomic mass is 10.0. The van der Waals surface area contributed by atoms with Crippen molar-refractivity contribution in [3.63, 3.8) is 0 Å². The molecule has 0 unspecified atom stereocenters. The van der Waals surface area contributed by atoms with Gasteiger partial charge in [-0.3, -0.25) is 0 Å². The minimum Gasteiger partial charge on any atom is -0.368 e. The molecule has 0 aliphatic heterocycles. The fourth-order valence-electron chi connectivity index (χ4n) is 2.28. The van der Waals surface area contributed by atoms with E-state index in [-0.39, 0.29) is 5.95 Å². The van der Waals surface area contributed by atoms with Gasteiger partial charge >= 0.3 is 0 Å². The molecule has 3 rings (SSSR count). The number of rotatable bonds is 2. The number of benzene rings is 2. The number of anilines is 1. The van der Waals surface area contributed by atoms with Gasteiger partial charge in [-0.05, 0) is 49.2 Å². The van der Waals surface area contributed by atoms with Crippen molar-refractivity contribution in [2.75, 3.05) is 5.73 Å². The molecule has 0 saturated carbocycles. The lowest BCUT2D eigenvalue weighted by molar-refractivity contribution is 1.19. The molecule has 0 fully saturated rings. The van der Waals surface area contributed by atoms with E-state index >= 15 is 0 Å². The third-order valence-electron chi connectivity index (χ3n) is 3.69. The Morgan fingerprint density at radius 2 is 1.36 bits per heavy atom. The molecule has 1 aromatic heterocycles. The second-order valence-corrected chi connectivity index (χ2v) is 5.74. The molecule has 3 aromatic rings. The molecule has 0 spiro atoms. The second kappa shape index (κ2) is 5.78. The number of aromatic nitrogens is 2. The summed E-state index contributed by atoms with van der Waals surface area (Å²) in [4.78, 5) is 8.68. The maximum absolute atomic E-state index is 5.93. The van der Waals surface area contributed by atoms with Crippen LogP contribution in [-0.4, -0.2) is 9.97 Å². The standard InChI is InChI=1S/C18H16ClN3/c1-11-3-4-14(9-12(11)2)17-10-16(21-18(20)22-17)13-5-7-15(19)8-6-13/h3-10H,1-2H3,(H2,20,21,22). The van der Waals surface area contributed by atoms with E-state index in [0.29, 0.717) is 5.02 Å². The average molecular weight is 310 g/mol. The Bertz CT molecular complexity index is 826. The van der Waals surface area contributed by atoms with E-state index in [0.717, 1.165) is 22.5 Å². The van der Waals surface area contributed by atoms with Crippen molar-refractivity contribution in [3.8, 4) is 22.5 Å². The van der Waals surface area contributed by atoms with Gasteiger partial charge in [0.1, 0.15) is 0 Å². The molecule has 1 heterocycles. The smallest absolute Gasteiger partial charge is 0.221 e. The van der Waals surface area contributed by atoms with Gasteiger partial charge in [0.05, 0.1) is 11.4 Å². The molecule has 0 saturated heterocycles. The summed E-state index contributed by atoms with van der Waals surface area (Å²) < 4.78 is 0. The van der Waals surface area contributed by atoms with Gasteiger partial charge in [0.15, 0.2) is 0 Å². The Labute approximate surface area is 134 Å². The first-order valence-corrected chi connectivity index (χ1v) is 7.39. The first-order chi connectivity index (χ1) is 10.5. The highest BCUT2D eigenvalue weighted by Gasteiger charge is 2.08. The Morgan fingerprint density at radius 3 is 2.00 bits per heavy atom. The average Bonchev–Trinajstić information content (AvgIpc) is 2.50. The van der Waals surface area contributed by atoms with Gasteiger partial charge in [0, 0.05) is 16.1 Å². The third kappa shape index (κ3) is 2.95. The number of nitrogens with two attached hydrogens (primary N) is 1. The molecule has 4 heteroatoms. The van der Waals surface area contributed by atoms with Crippen LogP contribution in [0.1, 0.15) is 11.1 Å². The number of halogens is 1. The highest BCUT2D eigenvalue weighted by atomic mass is 35.5. The van der Waals surface area contributed by atoms with Crippen LogP contribution >= 0.6 is 11.6 Å². The molecule has 0 bridgehead atoms. The van der Waals surface area contributed by atoms with Crippen LogP contribution in [0.5, 0.6) is 0 Å². The lowest BCUT2D eigenvalue weighted by Gasteiger charge is -2.08. The highest BCUT2D eigenvalue weighted by molar-refractivity contribution is 6.30. The van der Waals surface area contributed by atoms with Crippen LogP contribution in [0.15, 0.2) is 48.5 Å². The van der Waals surface area contributed by atoms with E-state index in [2.05, 4.69) is 42.0 Å². The lowest BCUT2D eigenvalue weighted by Crippen LogP contribution is -1.99. The Kier molecular flexibility index (Phi) is 3.82. The summed E-state index contributed by atoms with van der Waals surface area (Å²) in [7, 11) is 0. The summed E-state index contributed by atoms with van der Waals surface area (Å²) in [5, 5.41) is 0.695. The van der Waals surface area contributed by atoms with Crippen molar-refractivity contribution in [2.45, 2.75) is 13.8 Å². The Hall–Kier alpha value is -2.39. The second-order valence-electron chi connectivity index (χ2n) is 5.30. The SMILES string of the molecule is Cc1ccc(-c2cc(-c3ccc(Cl)cc3)nc(N)n2)cc1C. The van der Waals surface area contributed by atoms with Gasteiger partial charge in [-0.2, -0.15) is 0 Å². The highest BCUT2D eigenvalue weighted by Crippen LogP contribution is 2.26. The van der Waals surface area contributed by atoms with Crippen LogP contribution in [0.4, 0.5) is 5.95 Å². The van der Waals surface area contributed by atoms with E-state index in [1.807, 2.05) is 30.3 Å². The summed E-state index contributed by atoms with van der Waals surface area (Å²) in [6, 6.07) is 15.7. The van der Waals surface area contributed by atoms with E-state index < -0.39 is 0 Å². The Morgan fingerprint density at radius 1 is 0.773 bits per heavy atom. The fourth-order valence-corrected chi connectivity index (χ4v) is 2.41. The van der Waals surface area contributed by atoms with Crippen molar-refractivity contribution in [2.24, 2.45) is 0 Å². The summed E-state index contributed by atoms with van der Waals surface area (Å²) in [6.07, 6.45) is 0. The summed E-state index contributed by atoms with van der Waals surface area (Å²) in [5.74, 6) is 0.265. The van der Waals surface area contributed by atoms with Gasteiger partial charge in [0.2, 0.25) is 5.95 Å². The zero-order valence-electron chi connectivity index (χ0n) is 12.5. The molecule has 3 nitrogen and oxygen atoms in total. The van der Waals surface area contributed by atoms with Crippen LogP contribution in [-0.2, 0) is 0 Å². The molecule has 2 N–H and O–H groups in total. The van der Waals surface area contributed by atoms with Gasteiger partial charge in [0.25, 0.3) is 0 Å². The zero-order chi connectivity index (χ0) is 15.7. The number of hydrogen-bond acceptors (Lipinski definition) is 3. The van der Waals surface area contributed by atoms with Crippen molar-refractivity contribution in [1.29, 1.82) is 0 Å². The van der Waals surface area contributed by atoms with Gasteiger partial charge in [-0.25, -0.2) is 9.97 Å². The molecule has 0 amide bonds. The normalized spacial score (nSPS) is 10.7. The van der Waals surface area contributed by atoms with E-state index in [9.17, 15) is 0 Å². The van der Waals surface area contributed by atoms with Crippen molar-refractivity contribution in [1.82, 2.24) is 9.97 Å². The van der Waals surface area contributed by atoms with Crippen molar-refractivity contribution in [3.05, 3.63) is 64.7 Å². The van der Waals surface area contributed by atoms with Crippen LogP contribution < -0.4 is 5.73 Å². The molecule has 0 radical (unpaired) electrons. The minimum atomic E-state index is 0.265. The first-order valence-electron chi connectivity index (χ1n) is 7.01. The van der Waals surface area contributed by atoms with E-state index in [1.54, 1.807) is 0 Å². The van der Waals surface area contributed by atoms with E-state index in [4.69, 9.17) is 17.3 Å². The summed E-state index contributed by atoms with van der Waals surface area (Å²) in [5.41, 5.74) is 12.0. The molecule has 22 heavy (non-hydrogen) atoms. The van der Waals surface area contributed by atoms with Gasteiger partial charge < -0.3 is 5.73 Å². The molecule has 0 aliphatic rings. The quantitative estimate of drug-likeness (QED) is 0.749. The maximum Gasteiger partial charge on any atom is 0.221 e. The van der Waals surface area contributed by atoms with Crippen LogP contribution in [0, 0.1) is 13.8 Å². The van der Waals surface area contributed by atoms with Crippen molar-refractivity contribution >= 4 is 17.5 Å². The molecule has 110 valence electrons. The van der Waals surface area contributed by atoms with Gasteiger partial charge in [-0.1, -0.05) is 35.9 Å². The predicted octanol–water partition coefficient (Wildman–Crippen LogP) is 4.66. The number of nitrogen functional groups attached to an aromatic ring is 1. The summed E-state index contributed by atoms with van der Waals surface area (Å²) in [6.45, 7) is 4.18. The molecular formula is C18H16ClN3. The third-order valence-corrected chi connectivity index (χ3v) is 3.94. The Balaban J connectivity index is 2.09.